The van der Waals surface area contributed by atoms with Gasteiger partial charge in [0, 0.05) is 38.3 Å². The number of anilines is 1. The largest absolute Gasteiger partial charge is 0.490 e. The molecule has 11 heteroatoms. The maximum atomic E-state index is 14.3. The predicted molar refractivity (Wildman–Crippen MR) is 191 cm³/mol. The van der Waals surface area contributed by atoms with E-state index in [9.17, 15) is 13.8 Å². The summed E-state index contributed by atoms with van der Waals surface area (Å²) in [6.07, 6.45) is 10.8. The molecule has 0 saturated heterocycles. The first-order valence-corrected chi connectivity index (χ1v) is 19.5. The summed E-state index contributed by atoms with van der Waals surface area (Å²) in [7, 11) is -0.103. The van der Waals surface area contributed by atoms with Gasteiger partial charge < -0.3 is 24.4 Å². The summed E-state index contributed by atoms with van der Waals surface area (Å²) in [4.78, 5) is 29.3. The molecular formula is C38H50N4O6S. The van der Waals surface area contributed by atoms with Crippen LogP contribution in [0.2, 0.25) is 0 Å². The first-order chi connectivity index (χ1) is 23.6. The Morgan fingerprint density at radius 3 is 2.76 bits per heavy atom. The van der Waals surface area contributed by atoms with Gasteiger partial charge in [0.05, 0.1) is 36.3 Å². The van der Waals surface area contributed by atoms with Crippen molar-refractivity contribution in [3.05, 3.63) is 70.8 Å². The Bertz CT molecular complexity index is 1750. The van der Waals surface area contributed by atoms with Crippen molar-refractivity contribution in [2.75, 3.05) is 44.6 Å². The lowest BCUT2D eigenvalue weighted by Gasteiger charge is -2.46. The van der Waals surface area contributed by atoms with Crippen LogP contribution in [-0.4, -0.2) is 74.1 Å². The van der Waals surface area contributed by atoms with Crippen molar-refractivity contribution < 1.29 is 28.0 Å². The van der Waals surface area contributed by atoms with Crippen LogP contribution < -0.4 is 19.7 Å². The molecule has 7 rings (SSSR count). The molecule has 2 aliphatic heterocycles. The SMILES string of the molecule is CO[C@H]1/C=C/C[C@H](C)CS(=O)(NC(=O)N[C@@H]2C[C@H]2OC)=NC(=O)c2ccc3c(c2)N(C[C@@H]2CC[C@H]21)C[C@@]1(CCCc2cc(C)ccc21)CO3. The monoisotopic (exact) mass is 690 g/mol. The van der Waals surface area contributed by atoms with Crippen LogP contribution in [0.5, 0.6) is 5.75 Å². The molecule has 3 amide bonds. The van der Waals surface area contributed by atoms with Crippen LogP contribution in [0.25, 0.3) is 0 Å². The molecule has 2 aromatic rings. The second-order valence-electron chi connectivity index (χ2n) is 15.0. The van der Waals surface area contributed by atoms with Gasteiger partial charge in [-0.05, 0) is 98.9 Å². The van der Waals surface area contributed by atoms with E-state index in [-0.39, 0.29) is 35.3 Å². The van der Waals surface area contributed by atoms with Gasteiger partial charge in [-0.15, -0.1) is 4.36 Å². The number of carbonyl (C=O) groups is 2. The van der Waals surface area contributed by atoms with Crippen molar-refractivity contribution in [1.82, 2.24) is 10.0 Å². The molecule has 8 atom stereocenters. The van der Waals surface area contributed by atoms with E-state index < -0.39 is 21.9 Å². The molecule has 3 aliphatic carbocycles. The molecule has 2 saturated carbocycles. The third kappa shape index (κ3) is 7.12. The second kappa shape index (κ2) is 13.7. The zero-order chi connectivity index (χ0) is 34.3. The summed E-state index contributed by atoms with van der Waals surface area (Å²) in [6.45, 7) is 6.24. The summed E-state index contributed by atoms with van der Waals surface area (Å²) >= 11 is 0. The fraction of sp³-hybridized carbons (Fsp3) is 0.579. The van der Waals surface area contributed by atoms with Gasteiger partial charge in [0.25, 0.3) is 5.91 Å². The number of aryl methyl sites for hydroxylation is 2. The van der Waals surface area contributed by atoms with E-state index in [4.69, 9.17) is 14.2 Å². The van der Waals surface area contributed by atoms with Crippen LogP contribution in [0, 0.1) is 24.7 Å². The number of allylic oxidation sites excluding steroid dienone is 1. The number of hydrogen-bond donors (Lipinski definition) is 2. The minimum Gasteiger partial charge on any atom is -0.490 e. The highest BCUT2D eigenvalue weighted by molar-refractivity contribution is 7.92. The van der Waals surface area contributed by atoms with Crippen molar-refractivity contribution >= 4 is 27.5 Å². The molecule has 10 nitrogen and oxygen atoms in total. The van der Waals surface area contributed by atoms with Gasteiger partial charge in [-0.3, -0.25) is 9.52 Å². The van der Waals surface area contributed by atoms with Crippen LogP contribution in [-0.2, 0) is 31.2 Å². The van der Waals surface area contributed by atoms with Gasteiger partial charge in [0.1, 0.15) is 15.7 Å². The van der Waals surface area contributed by atoms with Gasteiger partial charge >= 0.3 is 6.03 Å². The second-order valence-corrected chi connectivity index (χ2v) is 17.0. The molecule has 2 N–H and O–H groups in total. The first kappa shape index (κ1) is 34.1. The van der Waals surface area contributed by atoms with Crippen LogP contribution in [0.3, 0.4) is 0 Å². The van der Waals surface area contributed by atoms with Crippen LogP contribution in [0.15, 0.2) is 52.9 Å². The molecule has 5 aliphatic rings. The maximum Gasteiger partial charge on any atom is 0.327 e. The summed E-state index contributed by atoms with van der Waals surface area (Å²) < 4.78 is 39.2. The standard InChI is InChI=1S/C38H50N4O6S/c1-24-10-14-30-26(17-24)8-6-16-38(30)22-42-20-28-11-13-29(28)33(46-3)9-5-7-25(2)21-49(45,41-37(44)39-31-19-35(31)47-4)40-36(43)27-12-15-34(48-23-38)32(42)18-27/h5,9-10,12,14-15,17-18,25,28-29,31,33,35H,6-8,11,13,16,19-23H2,1-4H3,(H2,39,40,41,43,44,45)/b9-5+/t25-,28-,29+,31+,33-,35+,38-,49?/m0/s1. The van der Waals surface area contributed by atoms with Crippen LogP contribution in [0.1, 0.15) is 72.5 Å². The Morgan fingerprint density at radius 2 is 2.00 bits per heavy atom. The molecule has 0 aromatic heterocycles. The highest BCUT2D eigenvalue weighted by Gasteiger charge is 2.44. The number of nitrogens with one attached hydrogen (secondary N) is 2. The lowest BCUT2D eigenvalue weighted by atomic mass is 9.68. The number of amides is 3. The normalized spacial score (nSPS) is 34.6. The smallest absolute Gasteiger partial charge is 0.327 e. The molecule has 2 fully saturated rings. The third-order valence-electron chi connectivity index (χ3n) is 11.3. The average molecular weight is 691 g/mol. The number of hydrogen-bond acceptors (Lipinski definition) is 7. The fourth-order valence-corrected chi connectivity index (χ4v) is 10.3. The summed E-state index contributed by atoms with van der Waals surface area (Å²) in [6, 6.07) is 11.5. The number of benzene rings is 2. The topological polar surface area (TPSA) is 119 Å². The number of fused-ring (bicyclic) bond motifs is 4. The molecule has 2 aromatic carbocycles. The zero-order valence-electron chi connectivity index (χ0n) is 29.1. The summed E-state index contributed by atoms with van der Waals surface area (Å²) in [5.41, 5.74) is 5.01. The Hall–Kier alpha value is -3.41. The minimum absolute atomic E-state index is 0.0279. The van der Waals surface area contributed by atoms with E-state index in [1.54, 1.807) is 20.3 Å². The molecule has 2 bridgehead atoms. The third-order valence-corrected chi connectivity index (χ3v) is 13.3. The van der Waals surface area contributed by atoms with E-state index in [0.717, 1.165) is 56.6 Å². The number of rotatable bonds is 4. The molecule has 0 radical (unpaired) electrons. The van der Waals surface area contributed by atoms with Crippen molar-refractivity contribution in [1.29, 1.82) is 0 Å². The van der Waals surface area contributed by atoms with Gasteiger partial charge in [0.2, 0.25) is 0 Å². The molecule has 1 spiro atoms. The fourth-order valence-electron chi connectivity index (χ4n) is 8.45. The summed E-state index contributed by atoms with van der Waals surface area (Å²) in [5, 5.41) is 2.81. The van der Waals surface area contributed by atoms with Crippen molar-refractivity contribution in [3.8, 4) is 5.75 Å². The lowest BCUT2D eigenvalue weighted by molar-refractivity contribution is 0.0131. The highest BCUT2D eigenvalue weighted by Crippen LogP contribution is 2.47. The Balaban J connectivity index is 1.27. The van der Waals surface area contributed by atoms with Gasteiger partial charge in [0.15, 0.2) is 0 Å². The van der Waals surface area contributed by atoms with Gasteiger partial charge in [-0.2, -0.15) is 0 Å². The predicted octanol–water partition coefficient (Wildman–Crippen LogP) is 5.72. The van der Waals surface area contributed by atoms with Gasteiger partial charge in [-0.1, -0.05) is 42.8 Å². The van der Waals surface area contributed by atoms with Crippen molar-refractivity contribution in [3.63, 3.8) is 0 Å². The van der Waals surface area contributed by atoms with Crippen molar-refractivity contribution in [2.24, 2.45) is 22.1 Å². The Labute approximate surface area is 290 Å². The quantitative estimate of drug-likeness (QED) is 0.395. The van der Waals surface area contributed by atoms with Crippen molar-refractivity contribution in [2.45, 2.75) is 82.5 Å². The van der Waals surface area contributed by atoms with E-state index in [1.807, 2.05) is 19.1 Å². The number of ether oxygens (including phenoxy) is 3. The number of urea groups is 1. The van der Waals surface area contributed by atoms with E-state index in [2.05, 4.69) is 56.6 Å². The molecule has 49 heavy (non-hydrogen) atoms. The number of methoxy groups -OCH3 is 2. The number of carbonyl (C=O) groups excluding carboxylic acids is 2. The minimum atomic E-state index is -3.47. The average Bonchev–Trinajstić information content (AvgIpc) is 3.83. The highest BCUT2D eigenvalue weighted by atomic mass is 32.2. The molecular weight excluding hydrogens is 641 g/mol. The molecule has 2 heterocycles. The van der Waals surface area contributed by atoms with E-state index >= 15 is 0 Å². The van der Waals surface area contributed by atoms with Crippen LogP contribution in [0.4, 0.5) is 10.5 Å². The number of nitrogens with zero attached hydrogens (tertiary/aromatic N) is 2. The summed E-state index contributed by atoms with van der Waals surface area (Å²) in [5.74, 6) is 0.797. The lowest BCUT2D eigenvalue weighted by Crippen LogP contribution is -2.49. The molecule has 264 valence electrons. The zero-order valence-corrected chi connectivity index (χ0v) is 29.9. The Kier molecular flexibility index (Phi) is 9.53. The molecule has 1 unspecified atom stereocenters. The van der Waals surface area contributed by atoms with E-state index in [0.29, 0.717) is 36.8 Å². The van der Waals surface area contributed by atoms with Crippen LogP contribution >= 0.6 is 0 Å². The first-order valence-electron chi connectivity index (χ1n) is 17.8. The van der Waals surface area contributed by atoms with Gasteiger partial charge in [-0.25, -0.2) is 9.00 Å². The Morgan fingerprint density at radius 1 is 1.14 bits per heavy atom. The maximum absolute atomic E-state index is 14.3. The van der Waals surface area contributed by atoms with E-state index in [1.165, 1.54) is 16.7 Å².